The minimum atomic E-state index is -0.577. The molecular weight excluding hydrogens is 460 g/mol. The van der Waals surface area contributed by atoms with E-state index in [9.17, 15) is 19.7 Å². The number of furan rings is 1. The molecule has 0 aliphatic rings. The second kappa shape index (κ2) is 11.0. The standard InChI is InChI=1S/C24H27ClN4O5/c1-4-17(2)28(24(31)21-10-9-18(29(32)33)13-22(21)25)16-23(30)27(15-20-8-6-12-34-20)14-19-7-5-11-26(19)3/h5-13,17H,4,14-16H2,1-3H3. The van der Waals surface area contributed by atoms with Gasteiger partial charge in [-0.2, -0.15) is 0 Å². The van der Waals surface area contributed by atoms with Crippen LogP contribution in [0.2, 0.25) is 5.02 Å². The van der Waals surface area contributed by atoms with Gasteiger partial charge in [0.15, 0.2) is 0 Å². The highest BCUT2D eigenvalue weighted by Gasteiger charge is 2.28. The number of carbonyl (C=O) groups is 2. The van der Waals surface area contributed by atoms with Crippen LogP contribution in [0.1, 0.15) is 42.1 Å². The van der Waals surface area contributed by atoms with Crippen molar-refractivity contribution in [3.63, 3.8) is 0 Å². The molecule has 1 atom stereocenters. The quantitative estimate of drug-likeness (QED) is 0.306. The molecule has 0 radical (unpaired) electrons. The fourth-order valence-electron chi connectivity index (χ4n) is 3.52. The number of nitro benzene ring substituents is 1. The summed E-state index contributed by atoms with van der Waals surface area (Å²) in [6.07, 6.45) is 4.06. The summed E-state index contributed by atoms with van der Waals surface area (Å²) in [6.45, 7) is 4.17. The molecule has 180 valence electrons. The van der Waals surface area contributed by atoms with Crippen LogP contribution in [-0.4, -0.2) is 43.7 Å². The molecule has 1 unspecified atom stereocenters. The van der Waals surface area contributed by atoms with Crippen molar-refractivity contribution in [2.75, 3.05) is 6.54 Å². The molecule has 2 aromatic heterocycles. The van der Waals surface area contributed by atoms with Crippen LogP contribution in [0.5, 0.6) is 0 Å². The number of halogens is 1. The van der Waals surface area contributed by atoms with E-state index in [1.54, 1.807) is 23.3 Å². The molecule has 10 heteroatoms. The number of amides is 2. The second-order valence-electron chi connectivity index (χ2n) is 8.05. The first-order valence-corrected chi connectivity index (χ1v) is 11.2. The van der Waals surface area contributed by atoms with E-state index in [2.05, 4.69) is 0 Å². The van der Waals surface area contributed by atoms with Crippen LogP contribution in [0.4, 0.5) is 5.69 Å². The van der Waals surface area contributed by atoms with Gasteiger partial charge in [-0.1, -0.05) is 18.5 Å². The van der Waals surface area contributed by atoms with Crippen molar-refractivity contribution in [1.29, 1.82) is 0 Å². The number of benzene rings is 1. The summed E-state index contributed by atoms with van der Waals surface area (Å²) in [7, 11) is 1.90. The predicted octanol–water partition coefficient (Wildman–Crippen LogP) is 4.65. The molecule has 0 N–H and O–H groups in total. The Bertz CT molecular complexity index is 1160. The minimum Gasteiger partial charge on any atom is -0.467 e. The van der Waals surface area contributed by atoms with E-state index in [0.29, 0.717) is 18.7 Å². The highest BCUT2D eigenvalue weighted by molar-refractivity contribution is 6.34. The van der Waals surface area contributed by atoms with Crippen LogP contribution in [0.15, 0.2) is 59.3 Å². The lowest BCUT2D eigenvalue weighted by Gasteiger charge is -2.31. The topological polar surface area (TPSA) is 102 Å². The van der Waals surface area contributed by atoms with Crippen LogP contribution in [0.25, 0.3) is 0 Å². The number of aromatic nitrogens is 1. The third-order valence-electron chi connectivity index (χ3n) is 5.77. The number of nitro groups is 1. The molecule has 1 aromatic carbocycles. The lowest BCUT2D eigenvalue weighted by Crippen LogP contribution is -2.46. The maximum Gasteiger partial charge on any atom is 0.270 e. The van der Waals surface area contributed by atoms with E-state index in [1.807, 2.05) is 43.8 Å². The van der Waals surface area contributed by atoms with Gasteiger partial charge in [-0.05, 0) is 43.7 Å². The molecule has 0 fully saturated rings. The van der Waals surface area contributed by atoms with Crippen molar-refractivity contribution < 1.29 is 18.9 Å². The third-order valence-corrected chi connectivity index (χ3v) is 6.08. The van der Waals surface area contributed by atoms with Gasteiger partial charge in [-0.3, -0.25) is 19.7 Å². The molecule has 2 amide bonds. The van der Waals surface area contributed by atoms with Gasteiger partial charge >= 0.3 is 0 Å². The van der Waals surface area contributed by atoms with Crippen molar-refractivity contribution in [3.8, 4) is 0 Å². The number of hydrogen-bond acceptors (Lipinski definition) is 5. The Kier molecular flexibility index (Phi) is 8.12. The normalized spacial score (nSPS) is 11.8. The Labute approximate surface area is 202 Å². The lowest BCUT2D eigenvalue weighted by molar-refractivity contribution is -0.384. The second-order valence-corrected chi connectivity index (χ2v) is 8.46. The fourth-order valence-corrected chi connectivity index (χ4v) is 3.77. The number of carbonyl (C=O) groups excluding carboxylic acids is 2. The van der Waals surface area contributed by atoms with Gasteiger partial charge in [0.1, 0.15) is 12.3 Å². The highest BCUT2D eigenvalue weighted by atomic mass is 35.5. The number of hydrogen-bond donors (Lipinski definition) is 0. The molecule has 0 aliphatic carbocycles. The Hall–Kier alpha value is -3.59. The summed E-state index contributed by atoms with van der Waals surface area (Å²) >= 11 is 6.20. The summed E-state index contributed by atoms with van der Waals surface area (Å²) in [5.74, 6) is -0.0916. The summed E-state index contributed by atoms with van der Waals surface area (Å²) in [5.41, 5.74) is 0.833. The number of nitrogens with zero attached hydrogens (tertiary/aromatic N) is 4. The number of aryl methyl sites for hydroxylation is 1. The molecule has 0 saturated heterocycles. The van der Waals surface area contributed by atoms with Gasteiger partial charge in [-0.25, -0.2) is 0 Å². The van der Waals surface area contributed by atoms with Crippen LogP contribution in [0.3, 0.4) is 0 Å². The number of rotatable bonds is 10. The largest absolute Gasteiger partial charge is 0.467 e. The van der Waals surface area contributed by atoms with E-state index in [1.165, 1.54) is 17.0 Å². The first-order chi connectivity index (χ1) is 16.2. The maximum atomic E-state index is 13.5. The molecule has 2 heterocycles. The zero-order valence-electron chi connectivity index (χ0n) is 19.3. The summed E-state index contributed by atoms with van der Waals surface area (Å²) in [6, 6.07) is 10.8. The van der Waals surface area contributed by atoms with Crippen molar-refractivity contribution in [3.05, 3.63) is 87.1 Å². The van der Waals surface area contributed by atoms with E-state index in [-0.39, 0.29) is 41.3 Å². The minimum absolute atomic E-state index is 0.0313. The van der Waals surface area contributed by atoms with Gasteiger partial charge in [0.2, 0.25) is 5.91 Å². The van der Waals surface area contributed by atoms with Crippen molar-refractivity contribution in [1.82, 2.24) is 14.4 Å². The monoisotopic (exact) mass is 486 g/mol. The van der Waals surface area contributed by atoms with Crippen LogP contribution in [0, 0.1) is 10.1 Å². The summed E-state index contributed by atoms with van der Waals surface area (Å²) in [4.78, 5) is 40.4. The SMILES string of the molecule is CCC(C)N(CC(=O)N(Cc1ccco1)Cc1cccn1C)C(=O)c1ccc([N+](=O)[O-])cc1Cl. The van der Waals surface area contributed by atoms with Crippen molar-refractivity contribution in [2.24, 2.45) is 7.05 Å². The first kappa shape index (κ1) is 25.0. The zero-order chi connectivity index (χ0) is 24.8. The van der Waals surface area contributed by atoms with Gasteiger partial charge in [0, 0.05) is 37.1 Å². The smallest absolute Gasteiger partial charge is 0.270 e. The predicted molar refractivity (Wildman–Crippen MR) is 127 cm³/mol. The van der Waals surface area contributed by atoms with Crippen molar-refractivity contribution >= 4 is 29.1 Å². The van der Waals surface area contributed by atoms with Gasteiger partial charge in [-0.15, -0.1) is 0 Å². The molecule has 34 heavy (non-hydrogen) atoms. The molecule has 0 bridgehead atoms. The van der Waals surface area contributed by atoms with Gasteiger partial charge < -0.3 is 18.8 Å². The Balaban J connectivity index is 1.86. The average Bonchev–Trinajstić information content (AvgIpc) is 3.47. The molecule has 0 saturated carbocycles. The lowest BCUT2D eigenvalue weighted by atomic mass is 10.1. The van der Waals surface area contributed by atoms with Crippen molar-refractivity contribution in [2.45, 2.75) is 39.4 Å². The maximum absolute atomic E-state index is 13.5. The molecule has 0 spiro atoms. The molecular formula is C24H27ClN4O5. The third kappa shape index (κ3) is 5.85. The Morgan fingerprint density at radius 1 is 1.21 bits per heavy atom. The van der Waals surface area contributed by atoms with Gasteiger partial charge in [0.25, 0.3) is 11.6 Å². The van der Waals surface area contributed by atoms with Crippen LogP contribution < -0.4 is 0 Å². The fraction of sp³-hybridized carbons (Fsp3) is 0.333. The first-order valence-electron chi connectivity index (χ1n) is 10.9. The summed E-state index contributed by atoms with van der Waals surface area (Å²) < 4.78 is 7.37. The highest BCUT2D eigenvalue weighted by Crippen LogP contribution is 2.25. The van der Waals surface area contributed by atoms with E-state index in [0.717, 1.165) is 11.8 Å². The zero-order valence-corrected chi connectivity index (χ0v) is 20.1. The molecule has 3 rings (SSSR count). The van der Waals surface area contributed by atoms with Crippen LogP contribution in [-0.2, 0) is 24.9 Å². The van der Waals surface area contributed by atoms with Crippen LogP contribution >= 0.6 is 11.6 Å². The average molecular weight is 487 g/mol. The summed E-state index contributed by atoms with van der Waals surface area (Å²) in [5, 5.41) is 11.0. The molecule has 0 aliphatic heterocycles. The van der Waals surface area contributed by atoms with E-state index >= 15 is 0 Å². The van der Waals surface area contributed by atoms with E-state index in [4.69, 9.17) is 16.0 Å². The number of non-ortho nitro benzene ring substituents is 1. The Morgan fingerprint density at radius 2 is 1.97 bits per heavy atom. The molecule has 3 aromatic rings. The Morgan fingerprint density at radius 3 is 2.53 bits per heavy atom. The molecule has 9 nitrogen and oxygen atoms in total. The van der Waals surface area contributed by atoms with Gasteiger partial charge in [0.05, 0.1) is 34.9 Å². The van der Waals surface area contributed by atoms with E-state index < -0.39 is 10.8 Å².